The number of benzene rings is 2. The minimum Gasteiger partial charge on any atom is -0.508 e. The molecule has 2 aromatic rings. The molecule has 0 amide bonds. The van der Waals surface area contributed by atoms with E-state index in [0.29, 0.717) is 36.4 Å². The van der Waals surface area contributed by atoms with Gasteiger partial charge in [-0.05, 0) is 128 Å². The fraction of sp³-hybridized carbons (Fsp3) is 0.676. The number of hydrogen-bond acceptors (Lipinski definition) is 4. The zero-order valence-electron chi connectivity index (χ0n) is 27.1. The van der Waals surface area contributed by atoms with Crippen LogP contribution in [0.3, 0.4) is 0 Å². The van der Waals surface area contributed by atoms with Crippen LogP contribution in [-0.2, 0) is 17.2 Å². The van der Waals surface area contributed by atoms with E-state index in [1.54, 1.807) is 0 Å². The number of phenolic OH excluding ortho intramolecular Hbond substituents is 1. The lowest BCUT2D eigenvalue weighted by Gasteiger charge is -2.59. The summed E-state index contributed by atoms with van der Waals surface area (Å²) >= 11 is 0. The van der Waals surface area contributed by atoms with Gasteiger partial charge in [-0.3, -0.25) is 4.21 Å². The van der Waals surface area contributed by atoms with Crippen LogP contribution in [-0.4, -0.2) is 50.2 Å². The van der Waals surface area contributed by atoms with Crippen molar-refractivity contribution in [3.63, 3.8) is 0 Å². The minimum atomic E-state index is -5.56. The maximum absolute atomic E-state index is 13.0. The summed E-state index contributed by atoms with van der Waals surface area (Å²) < 4.78 is 80.8. The molecule has 2 aromatic carbocycles. The Morgan fingerprint density at radius 1 is 0.915 bits per heavy atom. The molecule has 0 saturated heterocycles. The van der Waals surface area contributed by atoms with Crippen LogP contribution in [0.2, 0.25) is 0 Å². The van der Waals surface area contributed by atoms with E-state index >= 15 is 0 Å². The molecule has 2 bridgehead atoms. The fourth-order valence-corrected chi connectivity index (χ4v) is 11.3. The standard InChI is InChI=1S/C37H47F5O4S/c1-33-24-30(32-29-13-10-27(43)23-26(29)9-14-31(32)34(33)16-18-35(33,44)19-17-34)25-7-11-28(12-8-25)46-20-4-2-3-5-21-47(45)22-6-15-36(38,39)37(40,41)42/h7-8,10-13,23,30-32,43-44H,2-6,9,14-22,24H2,1H3/t30-,31-,32+,33+,34?,35?,47?/m1/s1. The summed E-state index contributed by atoms with van der Waals surface area (Å²) in [6.07, 6.45) is 2.68. The molecule has 47 heavy (non-hydrogen) atoms. The molecule has 0 aromatic heterocycles. The number of alkyl halides is 5. The number of fused-ring (bicyclic) bond motifs is 3. The van der Waals surface area contributed by atoms with Crippen LogP contribution in [0.1, 0.15) is 112 Å². The molecule has 5 atom stereocenters. The molecule has 1 unspecified atom stereocenters. The molecule has 2 N–H and O–H groups in total. The molecular weight excluding hydrogens is 635 g/mol. The molecule has 4 aliphatic carbocycles. The zero-order valence-corrected chi connectivity index (χ0v) is 27.9. The molecule has 0 heterocycles. The third-order valence-corrected chi connectivity index (χ3v) is 14.1. The average Bonchev–Trinajstić information content (AvgIpc) is 3.39. The van der Waals surface area contributed by atoms with Crippen molar-refractivity contribution >= 4 is 10.8 Å². The van der Waals surface area contributed by atoms with Crippen molar-refractivity contribution in [2.75, 3.05) is 18.1 Å². The van der Waals surface area contributed by atoms with Gasteiger partial charge in [0.2, 0.25) is 0 Å². The van der Waals surface area contributed by atoms with Gasteiger partial charge < -0.3 is 14.9 Å². The van der Waals surface area contributed by atoms with E-state index in [1.807, 2.05) is 24.3 Å². The number of phenols is 1. The number of hydrogen-bond donors (Lipinski definition) is 2. The Labute approximate surface area is 276 Å². The van der Waals surface area contributed by atoms with Gasteiger partial charge in [-0.15, -0.1) is 0 Å². The molecule has 10 heteroatoms. The molecule has 0 spiro atoms. The Balaban J connectivity index is 1.01. The largest absolute Gasteiger partial charge is 0.508 e. The van der Waals surface area contributed by atoms with E-state index in [-0.39, 0.29) is 22.5 Å². The molecule has 0 radical (unpaired) electrons. The lowest BCUT2D eigenvalue weighted by molar-refractivity contribution is -0.284. The monoisotopic (exact) mass is 682 g/mol. The predicted octanol–water partition coefficient (Wildman–Crippen LogP) is 9.20. The van der Waals surface area contributed by atoms with E-state index in [2.05, 4.69) is 25.1 Å². The van der Waals surface area contributed by atoms with Crippen molar-refractivity contribution < 1.29 is 41.1 Å². The number of aliphatic hydroxyl groups is 1. The highest BCUT2D eigenvalue weighted by Gasteiger charge is 2.74. The third kappa shape index (κ3) is 6.23. The molecule has 0 aliphatic heterocycles. The highest BCUT2D eigenvalue weighted by Crippen LogP contribution is 2.79. The number of halogens is 5. The Kier molecular flexibility index (Phi) is 9.53. The second-order valence-corrected chi connectivity index (χ2v) is 16.6. The number of aryl methyl sites for hydroxylation is 1. The topological polar surface area (TPSA) is 66.8 Å². The predicted molar refractivity (Wildman–Crippen MR) is 172 cm³/mol. The molecule has 3 saturated carbocycles. The zero-order chi connectivity index (χ0) is 33.7. The first-order chi connectivity index (χ1) is 22.2. The first-order valence-corrected chi connectivity index (χ1v) is 18.8. The van der Waals surface area contributed by atoms with E-state index in [4.69, 9.17) is 4.74 Å². The lowest BCUT2D eigenvalue weighted by atomic mass is 9.45. The highest BCUT2D eigenvalue weighted by atomic mass is 32.2. The van der Waals surface area contributed by atoms with Crippen LogP contribution in [0, 0.1) is 16.7 Å². The number of aromatic hydroxyl groups is 1. The summed E-state index contributed by atoms with van der Waals surface area (Å²) in [5.41, 5.74) is 3.30. The Bertz CT molecular complexity index is 1440. The quantitative estimate of drug-likeness (QED) is 0.163. The number of unbranched alkanes of at least 4 members (excludes halogenated alkanes) is 3. The summed E-state index contributed by atoms with van der Waals surface area (Å²) in [7, 11) is -1.40. The van der Waals surface area contributed by atoms with Crippen LogP contribution in [0.15, 0.2) is 42.5 Å². The van der Waals surface area contributed by atoms with Gasteiger partial charge in [0.15, 0.2) is 0 Å². The summed E-state index contributed by atoms with van der Waals surface area (Å²) in [5, 5.41) is 22.1. The van der Waals surface area contributed by atoms with Crippen molar-refractivity contribution in [1.29, 1.82) is 0 Å². The second kappa shape index (κ2) is 12.9. The van der Waals surface area contributed by atoms with Crippen LogP contribution in [0.25, 0.3) is 0 Å². The maximum atomic E-state index is 13.0. The summed E-state index contributed by atoms with van der Waals surface area (Å²) in [4.78, 5) is 0. The maximum Gasteiger partial charge on any atom is 0.453 e. The third-order valence-electron chi connectivity index (χ3n) is 12.6. The SMILES string of the molecule is C[C@]12C[C@H](c3ccc(OCCCCCCS(=O)CCCC(F)(F)C(F)(F)F)cc3)[C@@H]3c4ccc(O)cc4CC[C@H]3C13CCC2(O)CC3. The molecular formula is C37H47F5O4S. The molecule has 3 fully saturated rings. The Hall–Kier alpha value is -2.20. The van der Waals surface area contributed by atoms with Crippen molar-refractivity contribution in [2.45, 2.75) is 120 Å². The van der Waals surface area contributed by atoms with Gasteiger partial charge in [0, 0.05) is 34.1 Å². The number of ether oxygens (including phenoxy) is 1. The van der Waals surface area contributed by atoms with E-state index in [9.17, 15) is 36.4 Å². The molecule has 4 nitrogen and oxygen atoms in total. The first-order valence-electron chi connectivity index (χ1n) is 17.3. The van der Waals surface area contributed by atoms with Gasteiger partial charge in [-0.1, -0.05) is 38.0 Å². The van der Waals surface area contributed by atoms with Crippen molar-refractivity contribution in [3.05, 3.63) is 59.2 Å². The van der Waals surface area contributed by atoms with Crippen LogP contribution in [0.4, 0.5) is 22.0 Å². The lowest BCUT2D eigenvalue weighted by Crippen LogP contribution is -2.54. The average molecular weight is 683 g/mol. The minimum absolute atomic E-state index is 0.121. The van der Waals surface area contributed by atoms with Crippen molar-refractivity contribution in [2.24, 2.45) is 16.7 Å². The van der Waals surface area contributed by atoms with Gasteiger partial charge in [-0.2, -0.15) is 22.0 Å². The van der Waals surface area contributed by atoms with Gasteiger partial charge in [0.1, 0.15) is 11.5 Å². The molecule has 260 valence electrons. The van der Waals surface area contributed by atoms with E-state index < -0.39 is 41.3 Å². The van der Waals surface area contributed by atoms with E-state index in [1.165, 1.54) is 16.7 Å². The highest BCUT2D eigenvalue weighted by molar-refractivity contribution is 7.84. The number of rotatable bonds is 13. The molecule has 6 rings (SSSR count). The second-order valence-electron chi connectivity index (χ2n) is 14.9. The van der Waals surface area contributed by atoms with Gasteiger partial charge in [0.25, 0.3) is 0 Å². The van der Waals surface area contributed by atoms with Gasteiger partial charge >= 0.3 is 12.1 Å². The summed E-state index contributed by atoms with van der Waals surface area (Å²) in [6.45, 7) is 2.88. The van der Waals surface area contributed by atoms with Crippen molar-refractivity contribution in [3.8, 4) is 11.5 Å². The normalized spacial score (nSPS) is 32.0. The summed E-state index contributed by atoms with van der Waals surface area (Å²) in [5.74, 6) is -2.39. The van der Waals surface area contributed by atoms with Gasteiger partial charge in [-0.25, -0.2) is 0 Å². The van der Waals surface area contributed by atoms with E-state index in [0.717, 1.165) is 70.0 Å². The molecule has 4 aliphatic rings. The van der Waals surface area contributed by atoms with Crippen LogP contribution in [0.5, 0.6) is 11.5 Å². The van der Waals surface area contributed by atoms with Crippen molar-refractivity contribution in [1.82, 2.24) is 0 Å². The van der Waals surface area contributed by atoms with Gasteiger partial charge in [0.05, 0.1) is 12.2 Å². The Morgan fingerprint density at radius 3 is 2.30 bits per heavy atom. The smallest absolute Gasteiger partial charge is 0.453 e. The Morgan fingerprint density at radius 2 is 1.60 bits per heavy atom. The first kappa shape index (κ1) is 34.7. The fourth-order valence-electron chi connectivity index (χ4n) is 10.1. The summed E-state index contributed by atoms with van der Waals surface area (Å²) in [6, 6.07) is 14.3. The van der Waals surface area contributed by atoms with Crippen LogP contribution >= 0.6 is 0 Å². The van der Waals surface area contributed by atoms with Crippen LogP contribution < -0.4 is 4.74 Å².